The van der Waals surface area contributed by atoms with Gasteiger partial charge in [0, 0.05) is 18.6 Å². The van der Waals surface area contributed by atoms with Crippen LogP contribution in [0.2, 0.25) is 0 Å². The molecule has 0 amide bonds. The molecule has 1 aliphatic heterocycles. The number of hydrogen-bond acceptors (Lipinski definition) is 5. The van der Waals surface area contributed by atoms with E-state index < -0.39 is 18.3 Å². The van der Waals surface area contributed by atoms with Crippen LogP contribution in [0.15, 0.2) is 213 Å². The molecule has 8 aromatic carbocycles. The van der Waals surface area contributed by atoms with Gasteiger partial charge in [-0.3, -0.25) is 0 Å². The van der Waals surface area contributed by atoms with Crippen molar-refractivity contribution in [2.75, 3.05) is 0 Å². The molecule has 0 radical (unpaired) electrons. The number of nitrogens with zero attached hydrogens (tertiary/aromatic N) is 3. The Kier molecular flexibility index (Phi) is 20.3. The molecule has 0 N–H and O–H groups in total. The van der Waals surface area contributed by atoms with Gasteiger partial charge in [-0.1, -0.05) is 293 Å². The molecule has 3 aromatic heterocycles. The molecule has 0 bridgehead atoms. The Balaban J connectivity index is 0.00000982. The van der Waals surface area contributed by atoms with Crippen LogP contribution < -0.4 is 5.46 Å². The molecule has 2 unspecified atom stereocenters. The normalized spacial score (nSPS) is 17.1. The van der Waals surface area contributed by atoms with Gasteiger partial charge in [-0.2, -0.15) is 0 Å². The van der Waals surface area contributed by atoms with Crippen LogP contribution in [-0.4, -0.2) is 33.3 Å². The number of hydrogen-bond donors (Lipinski definition) is 0. The summed E-state index contributed by atoms with van der Waals surface area (Å²) in [6.45, 7) is 43.0. The second kappa shape index (κ2) is 28.1. The van der Waals surface area contributed by atoms with Crippen molar-refractivity contribution >= 4 is 12.6 Å². The first kappa shape index (κ1) is 73.6. The van der Waals surface area contributed by atoms with E-state index in [1.807, 2.05) is 18.6 Å². The Morgan fingerprint density at radius 1 is 0.333 bits per heavy atom. The van der Waals surface area contributed by atoms with Crippen molar-refractivity contribution in [3.05, 3.63) is 275 Å². The van der Waals surface area contributed by atoms with Gasteiger partial charge in [-0.05, 0) is 183 Å². The molecule has 1 saturated heterocycles. The van der Waals surface area contributed by atoms with Gasteiger partial charge in [-0.25, -0.2) is 0 Å². The van der Waals surface area contributed by atoms with Crippen LogP contribution >= 0.6 is 0 Å². The summed E-state index contributed by atoms with van der Waals surface area (Å²) in [7, 11) is -0.651. The maximum atomic E-state index is 7.11. The van der Waals surface area contributed by atoms with Crippen molar-refractivity contribution in [1.82, 2.24) is 15.0 Å². The van der Waals surface area contributed by atoms with Crippen molar-refractivity contribution in [2.24, 2.45) is 0 Å². The van der Waals surface area contributed by atoms with Gasteiger partial charge in [0.1, 0.15) is 0 Å². The largest absolute Gasteiger partial charge is 3.00 e. The first-order valence-electron chi connectivity index (χ1n) is 36.6. The number of benzene rings is 8. The average Bonchev–Trinajstić information content (AvgIpc) is 1.32. The van der Waals surface area contributed by atoms with E-state index in [-0.39, 0.29) is 64.9 Å². The van der Waals surface area contributed by atoms with Crippen molar-refractivity contribution in [3.8, 4) is 89.4 Å². The van der Waals surface area contributed by atoms with E-state index in [0.29, 0.717) is 0 Å². The molecule has 13 rings (SSSR count). The minimum Gasteiger partial charge on any atom is -0.400 e. The molecule has 1 aliphatic carbocycles. The molecule has 1 saturated carbocycles. The smallest absolute Gasteiger partial charge is 0.400 e. The summed E-state index contributed by atoms with van der Waals surface area (Å²) in [6, 6.07) is 84.4. The topological polar surface area (TPSA) is 57.1 Å². The SMILES string of the molecule is CC(C)(C)c1ccnc(-c2[c-]cc(-c3ccccc3C3CC(c4ccc(C(C)(C)C)cc4-c4c[c-]c(-c5cc(C(C)(C)C)ccn5)cc4-c4ccccc4)CC(c4ccc(C(C)(C)C)cc4-c4c[c-]c(-c5cc(C(C)(C)C)ccn5)cc4-c4ccccc4)C3)c(B3OC(C)(C)C(C)(C)O3)c2)c1.[Ir+3]. The fraction of sp³-hybridized carbons (Fsp3) is 0.337. The fourth-order valence-electron chi connectivity index (χ4n) is 15.0. The summed E-state index contributed by atoms with van der Waals surface area (Å²) < 4.78 is 14.2. The van der Waals surface area contributed by atoms with Gasteiger partial charge < -0.3 is 24.3 Å². The monoisotopic (exact) mass is 1520 g/mol. The first-order chi connectivity index (χ1) is 47.7. The maximum Gasteiger partial charge on any atom is 3.00 e. The van der Waals surface area contributed by atoms with Crippen LogP contribution in [0, 0.1) is 18.2 Å². The van der Waals surface area contributed by atoms with Crippen LogP contribution in [0.5, 0.6) is 0 Å². The van der Waals surface area contributed by atoms with E-state index in [1.54, 1.807) is 0 Å². The van der Waals surface area contributed by atoms with Crippen molar-refractivity contribution in [3.63, 3.8) is 0 Å². The van der Waals surface area contributed by atoms with Crippen LogP contribution in [0.25, 0.3) is 89.4 Å². The third-order valence-corrected chi connectivity index (χ3v) is 22.0. The zero-order chi connectivity index (χ0) is 71.8. The summed E-state index contributed by atoms with van der Waals surface area (Å²) in [4.78, 5) is 15.0. The molecule has 102 heavy (non-hydrogen) atoms. The Hall–Kier alpha value is -8.16. The van der Waals surface area contributed by atoms with E-state index in [0.717, 1.165) is 103 Å². The van der Waals surface area contributed by atoms with E-state index in [4.69, 9.17) is 24.3 Å². The van der Waals surface area contributed by atoms with Gasteiger partial charge in [0.05, 0.1) is 11.2 Å². The molecule has 0 spiro atoms. The summed E-state index contributed by atoms with van der Waals surface area (Å²) in [6.07, 6.45) is 8.58. The summed E-state index contributed by atoms with van der Waals surface area (Å²) in [5, 5.41) is 0. The summed E-state index contributed by atoms with van der Waals surface area (Å²) in [5.74, 6) is 0.283. The van der Waals surface area contributed by atoms with Gasteiger partial charge >= 0.3 is 27.2 Å². The third-order valence-electron chi connectivity index (χ3n) is 22.0. The van der Waals surface area contributed by atoms with Gasteiger partial charge in [0.2, 0.25) is 0 Å². The fourth-order valence-corrected chi connectivity index (χ4v) is 15.0. The van der Waals surface area contributed by atoms with Crippen molar-refractivity contribution < 1.29 is 29.4 Å². The molecule has 5 nitrogen and oxygen atoms in total. The number of rotatable bonds is 12. The van der Waals surface area contributed by atoms with Crippen LogP contribution in [0.1, 0.15) is 213 Å². The first-order valence-corrected chi connectivity index (χ1v) is 36.6. The molecule has 2 atom stereocenters. The Bertz CT molecular complexity index is 4630. The Morgan fingerprint density at radius 3 is 1.03 bits per heavy atom. The number of pyridine rings is 3. The van der Waals surface area contributed by atoms with Crippen molar-refractivity contribution in [1.29, 1.82) is 0 Å². The minimum absolute atomic E-state index is 0. The molecule has 2 fully saturated rings. The van der Waals surface area contributed by atoms with E-state index >= 15 is 0 Å². The second-order valence-electron chi connectivity index (χ2n) is 34.9. The van der Waals surface area contributed by atoms with Gasteiger partial charge in [0.25, 0.3) is 0 Å². The molecule has 2 aliphatic rings. The Morgan fingerprint density at radius 2 is 0.657 bits per heavy atom. The standard InChI is InChI=1S/C95H101BN3O2.Ir/c1-89(2,3)69-37-42-75(83(56-69)78-39-34-63(53-81(78)61-28-22-20-23-29-61)86-58-71(44-47-97-86)91(7,8)9)67-50-66(74-32-26-27-33-77(74)80-41-36-65(88-60-73(46-49-99-88)93(13,14)15)55-85(80)96-100-94(16,17)95(18,19)101-96)51-68(52-67)76-43-38-70(90(4,5)6)57-84(76)79-40-35-64(54-82(79)62-30-24-21-25-31-62)87-59-72(45-48-98-87)92(10,11)12;/h20-33,37-49,53-60,66-68H,50-52H2,1-19H3;/q-3;+3. The molecule has 520 valence electrons. The molecular formula is C95H101BIrN3O2. The van der Waals surface area contributed by atoms with Gasteiger partial charge in [-0.15, -0.1) is 71.3 Å². The third kappa shape index (κ3) is 15.3. The zero-order valence-electron chi connectivity index (χ0n) is 63.6. The second-order valence-corrected chi connectivity index (χ2v) is 34.9. The van der Waals surface area contributed by atoms with Crippen LogP contribution in [0.3, 0.4) is 0 Å². The minimum atomic E-state index is -0.651. The summed E-state index contributed by atoms with van der Waals surface area (Å²) >= 11 is 0. The predicted molar refractivity (Wildman–Crippen MR) is 424 cm³/mol. The maximum absolute atomic E-state index is 7.11. The van der Waals surface area contributed by atoms with E-state index in [9.17, 15) is 0 Å². The quantitative estimate of drug-likeness (QED) is 0.0901. The molecule has 7 heteroatoms. The van der Waals surface area contributed by atoms with Gasteiger partial charge in [0.15, 0.2) is 0 Å². The van der Waals surface area contributed by atoms with Crippen molar-refractivity contribution in [2.45, 2.75) is 207 Å². The molecule has 4 heterocycles. The summed E-state index contributed by atoms with van der Waals surface area (Å²) in [5.41, 5.74) is 26.9. The van der Waals surface area contributed by atoms with E-state index in [2.05, 4.69) is 344 Å². The zero-order valence-corrected chi connectivity index (χ0v) is 66.0. The van der Waals surface area contributed by atoms with Crippen LogP contribution in [-0.2, 0) is 56.5 Å². The molecule has 11 aromatic rings. The Labute approximate surface area is 624 Å². The van der Waals surface area contributed by atoms with Crippen LogP contribution in [0.4, 0.5) is 0 Å². The van der Waals surface area contributed by atoms with E-state index in [1.165, 1.54) is 55.6 Å². The number of aromatic nitrogens is 3. The predicted octanol–water partition coefficient (Wildman–Crippen LogP) is 24.2. The average molecular weight is 1520 g/mol. The molecular weight excluding hydrogens is 1420 g/mol.